The highest BCUT2D eigenvalue weighted by Gasteiger charge is 2.37. The molecule has 0 radical (unpaired) electrons. The maximum atomic E-state index is 13.5. The van der Waals surface area contributed by atoms with E-state index in [0.717, 1.165) is 16.7 Å². The van der Waals surface area contributed by atoms with Crippen LogP contribution in [0.4, 0.5) is 4.39 Å². The first kappa shape index (κ1) is 22.0. The normalized spacial score (nSPS) is 17.7. The van der Waals surface area contributed by atoms with Crippen molar-refractivity contribution in [1.29, 1.82) is 0 Å². The van der Waals surface area contributed by atoms with Crippen LogP contribution in [0.3, 0.4) is 0 Å². The van der Waals surface area contributed by atoms with Crippen molar-refractivity contribution in [1.82, 2.24) is 16.1 Å². The SMILES string of the molecule is O=C(NCc1ccc(C(=O)NO)o1)C1=C(c2ccc(F)cc2)C(I)C(c2ccccc2)N1. The molecule has 0 fully saturated rings. The van der Waals surface area contributed by atoms with E-state index < -0.39 is 5.91 Å². The van der Waals surface area contributed by atoms with Gasteiger partial charge in [0.1, 0.15) is 17.3 Å². The Morgan fingerprint density at radius 3 is 2.44 bits per heavy atom. The Morgan fingerprint density at radius 1 is 1.03 bits per heavy atom. The van der Waals surface area contributed by atoms with Crippen LogP contribution in [0.5, 0.6) is 0 Å². The number of nitrogens with one attached hydrogen (secondary N) is 3. The zero-order valence-corrected chi connectivity index (χ0v) is 18.8. The van der Waals surface area contributed by atoms with Crippen molar-refractivity contribution in [2.24, 2.45) is 0 Å². The second-order valence-corrected chi connectivity index (χ2v) is 8.46. The molecule has 1 aliphatic heterocycles. The summed E-state index contributed by atoms with van der Waals surface area (Å²) in [6, 6.07) is 18.6. The largest absolute Gasteiger partial charge is 0.454 e. The molecule has 1 aliphatic rings. The number of alkyl halides is 1. The van der Waals surface area contributed by atoms with E-state index in [0.29, 0.717) is 11.5 Å². The van der Waals surface area contributed by atoms with Crippen molar-refractivity contribution in [3.8, 4) is 0 Å². The molecule has 0 saturated carbocycles. The third-order valence-electron chi connectivity index (χ3n) is 5.09. The molecule has 4 N–H and O–H groups in total. The molecule has 0 bridgehead atoms. The number of rotatable bonds is 6. The van der Waals surface area contributed by atoms with E-state index in [1.165, 1.54) is 29.7 Å². The number of furan rings is 1. The van der Waals surface area contributed by atoms with Gasteiger partial charge in [-0.3, -0.25) is 14.8 Å². The quantitative estimate of drug-likeness (QED) is 0.163. The van der Waals surface area contributed by atoms with Gasteiger partial charge in [-0.25, -0.2) is 9.87 Å². The van der Waals surface area contributed by atoms with Crippen molar-refractivity contribution in [3.63, 3.8) is 0 Å². The van der Waals surface area contributed by atoms with Gasteiger partial charge >= 0.3 is 5.91 Å². The number of hydroxylamine groups is 1. The summed E-state index contributed by atoms with van der Waals surface area (Å²) in [7, 11) is 0. The van der Waals surface area contributed by atoms with E-state index >= 15 is 0 Å². The van der Waals surface area contributed by atoms with E-state index in [1.54, 1.807) is 12.1 Å². The summed E-state index contributed by atoms with van der Waals surface area (Å²) in [5, 5.41) is 14.8. The van der Waals surface area contributed by atoms with Gasteiger partial charge in [0.15, 0.2) is 5.76 Å². The molecular formula is C23H19FIN3O4. The van der Waals surface area contributed by atoms with Crippen LogP contribution in [-0.4, -0.2) is 20.9 Å². The molecule has 0 saturated heterocycles. The van der Waals surface area contributed by atoms with E-state index in [1.807, 2.05) is 30.3 Å². The molecule has 0 aliphatic carbocycles. The van der Waals surface area contributed by atoms with Gasteiger partial charge in [0.25, 0.3) is 5.91 Å². The molecule has 1 aromatic heterocycles. The monoisotopic (exact) mass is 547 g/mol. The maximum absolute atomic E-state index is 13.5. The maximum Gasteiger partial charge on any atom is 0.310 e. The molecule has 2 aromatic carbocycles. The highest BCUT2D eigenvalue weighted by molar-refractivity contribution is 14.1. The van der Waals surface area contributed by atoms with Crippen molar-refractivity contribution in [2.75, 3.05) is 0 Å². The molecule has 164 valence electrons. The Kier molecular flexibility index (Phi) is 6.56. The molecule has 2 amide bonds. The van der Waals surface area contributed by atoms with Crippen LogP contribution >= 0.6 is 22.6 Å². The first-order valence-corrected chi connectivity index (χ1v) is 11.0. The average molecular weight is 547 g/mol. The summed E-state index contributed by atoms with van der Waals surface area (Å²) >= 11 is 2.29. The van der Waals surface area contributed by atoms with Crippen LogP contribution in [0.1, 0.15) is 33.5 Å². The van der Waals surface area contributed by atoms with Crippen molar-refractivity contribution < 1.29 is 23.6 Å². The zero-order chi connectivity index (χ0) is 22.7. The molecule has 4 rings (SSSR count). The van der Waals surface area contributed by atoms with Crippen molar-refractivity contribution >= 4 is 40.0 Å². The van der Waals surface area contributed by atoms with Gasteiger partial charge in [-0.1, -0.05) is 65.1 Å². The van der Waals surface area contributed by atoms with Crippen LogP contribution in [0, 0.1) is 5.82 Å². The van der Waals surface area contributed by atoms with Gasteiger partial charge in [0, 0.05) is 5.57 Å². The van der Waals surface area contributed by atoms with E-state index in [9.17, 15) is 14.0 Å². The second-order valence-electron chi connectivity index (χ2n) is 7.12. The summed E-state index contributed by atoms with van der Waals surface area (Å²) in [6.07, 6.45) is 0. The highest BCUT2D eigenvalue weighted by Crippen LogP contribution is 2.41. The van der Waals surface area contributed by atoms with Crippen LogP contribution in [0.2, 0.25) is 0 Å². The zero-order valence-electron chi connectivity index (χ0n) is 16.6. The van der Waals surface area contributed by atoms with Gasteiger partial charge in [-0.05, 0) is 35.4 Å². The lowest BCUT2D eigenvalue weighted by molar-refractivity contribution is -0.118. The molecule has 2 unspecified atom stereocenters. The first-order valence-electron chi connectivity index (χ1n) is 9.75. The molecule has 32 heavy (non-hydrogen) atoms. The number of hydrogen-bond donors (Lipinski definition) is 4. The Labute approximate surface area is 196 Å². The third-order valence-corrected chi connectivity index (χ3v) is 6.43. The van der Waals surface area contributed by atoms with Crippen LogP contribution in [-0.2, 0) is 11.3 Å². The van der Waals surface area contributed by atoms with Gasteiger partial charge in [-0.2, -0.15) is 0 Å². The molecular weight excluding hydrogens is 528 g/mol. The fourth-order valence-electron chi connectivity index (χ4n) is 3.55. The van der Waals surface area contributed by atoms with E-state index in [4.69, 9.17) is 9.62 Å². The number of carbonyl (C=O) groups excluding carboxylic acids is 2. The fraction of sp³-hybridized carbons (Fsp3) is 0.130. The number of hydrogen-bond acceptors (Lipinski definition) is 5. The smallest absolute Gasteiger partial charge is 0.310 e. The lowest BCUT2D eigenvalue weighted by Crippen LogP contribution is -2.31. The molecule has 2 atom stereocenters. The van der Waals surface area contributed by atoms with Crippen LogP contribution in [0.25, 0.3) is 5.57 Å². The van der Waals surface area contributed by atoms with Crippen LogP contribution in [0.15, 0.2) is 76.8 Å². The Balaban J connectivity index is 1.59. The molecule has 9 heteroatoms. The minimum Gasteiger partial charge on any atom is -0.454 e. The molecule has 7 nitrogen and oxygen atoms in total. The predicted molar refractivity (Wildman–Crippen MR) is 123 cm³/mol. The first-order chi connectivity index (χ1) is 15.5. The van der Waals surface area contributed by atoms with Gasteiger partial charge in [0.05, 0.1) is 16.5 Å². The number of carbonyl (C=O) groups is 2. The third kappa shape index (κ3) is 4.53. The summed E-state index contributed by atoms with van der Waals surface area (Å²) < 4.78 is 18.7. The summed E-state index contributed by atoms with van der Waals surface area (Å²) in [6.45, 7) is 0.0430. The number of benzene rings is 2. The Morgan fingerprint density at radius 2 is 1.75 bits per heavy atom. The average Bonchev–Trinajstić information content (AvgIpc) is 3.43. The van der Waals surface area contributed by atoms with E-state index in [-0.39, 0.29) is 34.0 Å². The molecule has 0 spiro atoms. The summed E-state index contributed by atoms with van der Waals surface area (Å²) in [5.41, 5.74) is 4.44. The summed E-state index contributed by atoms with van der Waals surface area (Å²) in [4.78, 5) is 24.5. The predicted octanol–water partition coefficient (Wildman–Crippen LogP) is 3.71. The van der Waals surface area contributed by atoms with Gasteiger partial charge in [-0.15, -0.1) is 0 Å². The summed E-state index contributed by atoms with van der Waals surface area (Å²) in [5.74, 6) is -1.20. The van der Waals surface area contributed by atoms with Crippen molar-refractivity contribution in [3.05, 3.63) is 101 Å². The minimum absolute atomic E-state index is 0.0430. The lowest BCUT2D eigenvalue weighted by atomic mass is 9.97. The van der Waals surface area contributed by atoms with Gasteiger partial charge in [0.2, 0.25) is 0 Å². The minimum atomic E-state index is -0.778. The standard InChI is InChI=1S/C23H19FIN3O4/c24-15-8-6-13(7-9-15)18-19(25)20(14-4-2-1-3-5-14)27-21(18)23(30)26-12-16-10-11-17(32-16)22(29)28-31/h1-11,19-20,27,31H,12H2,(H,26,30)(H,28,29). The van der Waals surface area contributed by atoms with E-state index in [2.05, 4.69) is 33.2 Å². The number of halogens is 2. The number of amides is 2. The molecule has 2 heterocycles. The highest BCUT2D eigenvalue weighted by atomic mass is 127. The van der Waals surface area contributed by atoms with Crippen LogP contribution < -0.4 is 16.1 Å². The van der Waals surface area contributed by atoms with Gasteiger partial charge < -0.3 is 15.1 Å². The second kappa shape index (κ2) is 9.53. The fourth-order valence-corrected chi connectivity index (χ4v) is 4.82. The van der Waals surface area contributed by atoms with Crippen molar-refractivity contribution in [2.45, 2.75) is 16.5 Å². The lowest BCUT2D eigenvalue weighted by Gasteiger charge is -2.18. The molecule has 3 aromatic rings. The topological polar surface area (TPSA) is 104 Å². The Bertz CT molecular complexity index is 1160. The Hall–Kier alpha value is -3.18.